The van der Waals surface area contributed by atoms with E-state index in [2.05, 4.69) is 33.9 Å². The summed E-state index contributed by atoms with van der Waals surface area (Å²) in [6.07, 6.45) is 6.23. The molecule has 0 atom stereocenters. The van der Waals surface area contributed by atoms with Crippen LogP contribution in [0.4, 0.5) is 20.5 Å². The molecular weight excluding hydrogens is 454 g/mol. The number of nitrogens with zero attached hydrogens (tertiary/aromatic N) is 6. The number of nitrogen functional groups attached to an aromatic ring is 2. The van der Waals surface area contributed by atoms with Gasteiger partial charge in [0.05, 0.1) is 12.2 Å². The zero-order valence-corrected chi connectivity index (χ0v) is 20.3. The minimum Gasteiger partial charge on any atom is -0.493 e. The lowest BCUT2D eigenvalue weighted by atomic mass is 9.74. The Kier molecular flexibility index (Phi) is 6.77. The maximum absolute atomic E-state index is 12.9. The number of halogens is 2. The molecule has 1 aliphatic rings. The van der Waals surface area contributed by atoms with Crippen molar-refractivity contribution in [2.24, 2.45) is 5.41 Å². The highest BCUT2D eigenvalue weighted by Crippen LogP contribution is 2.38. The van der Waals surface area contributed by atoms with Crippen LogP contribution in [0.1, 0.15) is 58.2 Å². The Bertz CT molecular complexity index is 1340. The van der Waals surface area contributed by atoms with E-state index in [1.165, 1.54) is 49.2 Å². The second-order valence-corrected chi connectivity index (χ2v) is 9.46. The third-order valence-electron chi connectivity index (χ3n) is 6.93. The molecule has 0 bridgehead atoms. The SMILES string of the molecule is CCC1(C)CCCCC1.Cc1nc2ccc(-c3cc(O)n4nc(N)nc(N)c34)nc2n1CC(F)F. The van der Waals surface area contributed by atoms with Gasteiger partial charge in [-0.25, -0.2) is 18.7 Å². The number of alkyl halides is 2. The molecule has 11 heteroatoms. The van der Waals surface area contributed by atoms with E-state index >= 15 is 0 Å². The molecule has 4 heterocycles. The normalized spacial score (nSPS) is 15.5. The van der Waals surface area contributed by atoms with E-state index in [9.17, 15) is 13.9 Å². The third-order valence-corrected chi connectivity index (χ3v) is 6.93. The van der Waals surface area contributed by atoms with E-state index in [-0.39, 0.29) is 17.6 Å². The van der Waals surface area contributed by atoms with Crippen LogP contribution in [0.2, 0.25) is 0 Å². The van der Waals surface area contributed by atoms with Gasteiger partial charge in [0.2, 0.25) is 11.8 Å². The summed E-state index contributed by atoms with van der Waals surface area (Å²) in [6.45, 7) is 5.89. The predicted molar refractivity (Wildman–Crippen MR) is 132 cm³/mol. The molecule has 5 N–H and O–H groups in total. The number of aromatic hydroxyl groups is 1. The van der Waals surface area contributed by atoms with Crippen molar-refractivity contribution in [2.45, 2.75) is 72.3 Å². The Morgan fingerprint density at radius 3 is 2.46 bits per heavy atom. The number of imidazole rings is 1. The summed E-state index contributed by atoms with van der Waals surface area (Å²) >= 11 is 0. The number of hydrogen-bond acceptors (Lipinski definition) is 7. The van der Waals surface area contributed by atoms with Gasteiger partial charge >= 0.3 is 0 Å². The van der Waals surface area contributed by atoms with Crippen molar-refractivity contribution >= 4 is 28.4 Å². The summed E-state index contributed by atoms with van der Waals surface area (Å²) in [7, 11) is 0. The van der Waals surface area contributed by atoms with Crippen molar-refractivity contribution in [1.29, 1.82) is 0 Å². The lowest BCUT2D eigenvalue weighted by molar-refractivity contribution is 0.127. The Morgan fingerprint density at radius 1 is 1.11 bits per heavy atom. The number of anilines is 2. The fraction of sp³-hybridized carbons (Fsp3) is 0.500. The van der Waals surface area contributed by atoms with Crippen LogP contribution in [0, 0.1) is 12.3 Å². The standard InChI is InChI=1S/C15H14F2N8O.C9H18/c1-6-20-9-3-2-8(21-14(9)24(6)5-10(16)17)7-4-11(26)25-12(7)13(18)22-15(19)23-25;1-3-9(2)7-5-4-6-8-9/h2-4,10,26H,5H2,1H3,(H4,18,19,22,23);3-8H2,1-2H3. The molecule has 1 aliphatic carbocycles. The molecule has 0 aromatic carbocycles. The van der Waals surface area contributed by atoms with Crippen LogP contribution in [0.5, 0.6) is 5.88 Å². The van der Waals surface area contributed by atoms with Gasteiger partial charge in [-0.05, 0) is 37.3 Å². The summed E-state index contributed by atoms with van der Waals surface area (Å²) in [4.78, 5) is 12.6. The number of pyridine rings is 1. The summed E-state index contributed by atoms with van der Waals surface area (Å²) in [5.74, 6) is 0.202. The monoisotopic (exact) mass is 486 g/mol. The first kappa shape index (κ1) is 24.6. The van der Waals surface area contributed by atoms with Gasteiger partial charge in [0.25, 0.3) is 6.43 Å². The van der Waals surface area contributed by atoms with Gasteiger partial charge in [0, 0.05) is 11.6 Å². The Labute approximate surface area is 202 Å². The maximum Gasteiger partial charge on any atom is 0.256 e. The van der Waals surface area contributed by atoms with E-state index in [1.54, 1.807) is 19.1 Å². The summed E-state index contributed by atoms with van der Waals surface area (Å²) < 4.78 is 28.2. The van der Waals surface area contributed by atoms with Gasteiger partial charge in [-0.2, -0.15) is 9.50 Å². The van der Waals surface area contributed by atoms with Gasteiger partial charge in [-0.15, -0.1) is 5.10 Å². The second kappa shape index (κ2) is 9.63. The van der Waals surface area contributed by atoms with Crippen LogP contribution in [0.15, 0.2) is 18.2 Å². The summed E-state index contributed by atoms with van der Waals surface area (Å²) in [5.41, 5.74) is 14.2. The summed E-state index contributed by atoms with van der Waals surface area (Å²) in [5, 5.41) is 14.0. The van der Waals surface area contributed by atoms with E-state index in [0.717, 1.165) is 9.93 Å². The minimum atomic E-state index is -2.54. The van der Waals surface area contributed by atoms with E-state index in [1.807, 2.05) is 0 Å². The number of hydrogen-bond donors (Lipinski definition) is 3. The Morgan fingerprint density at radius 2 is 1.83 bits per heavy atom. The largest absolute Gasteiger partial charge is 0.493 e. The molecule has 0 saturated heterocycles. The molecule has 9 nitrogen and oxygen atoms in total. The topological polar surface area (TPSA) is 133 Å². The van der Waals surface area contributed by atoms with Gasteiger partial charge in [-0.3, -0.25) is 0 Å². The number of aryl methyl sites for hydroxylation is 1. The molecular formula is C24H32F2N8O. The minimum absolute atomic E-state index is 0.0620. The molecule has 0 spiro atoms. The van der Waals surface area contributed by atoms with Crippen LogP contribution in [0.25, 0.3) is 27.9 Å². The second-order valence-electron chi connectivity index (χ2n) is 9.46. The first-order valence-corrected chi connectivity index (χ1v) is 11.9. The van der Waals surface area contributed by atoms with Gasteiger partial charge in [0.15, 0.2) is 11.5 Å². The maximum atomic E-state index is 12.9. The molecule has 5 rings (SSSR count). The molecule has 1 fully saturated rings. The molecule has 35 heavy (non-hydrogen) atoms. The first-order valence-electron chi connectivity index (χ1n) is 11.9. The van der Waals surface area contributed by atoms with E-state index in [0.29, 0.717) is 33.8 Å². The van der Waals surface area contributed by atoms with E-state index in [4.69, 9.17) is 11.5 Å². The zero-order chi connectivity index (χ0) is 25.3. The van der Waals surface area contributed by atoms with Gasteiger partial charge < -0.3 is 21.1 Å². The third kappa shape index (κ3) is 4.98. The average Bonchev–Trinajstić information content (AvgIpc) is 3.30. The van der Waals surface area contributed by atoms with Crippen molar-refractivity contribution in [3.05, 3.63) is 24.0 Å². The lowest BCUT2D eigenvalue weighted by Crippen LogP contribution is -2.18. The predicted octanol–water partition coefficient (Wildman–Crippen LogP) is 4.95. The number of aromatic nitrogens is 6. The first-order chi connectivity index (χ1) is 16.6. The molecule has 0 unspecified atom stereocenters. The van der Waals surface area contributed by atoms with Crippen LogP contribution in [-0.2, 0) is 6.54 Å². The number of fused-ring (bicyclic) bond motifs is 2. The molecule has 1 saturated carbocycles. The van der Waals surface area contributed by atoms with Crippen LogP contribution in [0.3, 0.4) is 0 Å². The quantitative estimate of drug-likeness (QED) is 0.371. The van der Waals surface area contributed by atoms with Crippen molar-refractivity contribution in [3.8, 4) is 17.1 Å². The lowest BCUT2D eigenvalue weighted by Gasteiger charge is -2.32. The summed E-state index contributed by atoms with van der Waals surface area (Å²) in [6, 6.07) is 4.74. The molecule has 188 valence electrons. The van der Waals surface area contributed by atoms with Crippen molar-refractivity contribution < 1.29 is 13.9 Å². The van der Waals surface area contributed by atoms with Gasteiger partial charge in [0.1, 0.15) is 16.9 Å². The highest BCUT2D eigenvalue weighted by Gasteiger charge is 2.24. The van der Waals surface area contributed by atoms with E-state index < -0.39 is 13.0 Å². The fourth-order valence-corrected chi connectivity index (χ4v) is 4.71. The smallest absolute Gasteiger partial charge is 0.256 e. The van der Waals surface area contributed by atoms with Crippen LogP contribution in [-0.4, -0.2) is 40.7 Å². The highest BCUT2D eigenvalue weighted by atomic mass is 19.3. The fourth-order valence-electron chi connectivity index (χ4n) is 4.71. The van der Waals surface area contributed by atoms with Crippen molar-refractivity contribution in [3.63, 3.8) is 0 Å². The van der Waals surface area contributed by atoms with Gasteiger partial charge in [-0.1, -0.05) is 39.5 Å². The zero-order valence-electron chi connectivity index (χ0n) is 20.3. The van der Waals surface area contributed by atoms with Crippen molar-refractivity contribution in [2.75, 3.05) is 11.5 Å². The molecule has 0 aliphatic heterocycles. The number of nitrogens with two attached hydrogens (primary N) is 2. The molecule has 0 radical (unpaired) electrons. The molecule has 4 aromatic heterocycles. The molecule has 0 amide bonds. The average molecular weight is 487 g/mol. The van der Waals surface area contributed by atoms with Crippen molar-refractivity contribution in [1.82, 2.24) is 29.1 Å². The Balaban J connectivity index is 0.000000271. The Hall–Kier alpha value is -3.50. The van der Waals surface area contributed by atoms with Crippen LogP contribution < -0.4 is 11.5 Å². The number of rotatable bonds is 4. The van der Waals surface area contributed by atoms with Crippen LogP contribution >= 0.6 is 0 Å². The highest BCUT2D eigenvalue weighted by molar-refractivity contribution is 5.89. The molecule has 4 aromatic rings.